The molecule has 2 aromatic carbocycles. The summed E-state index contributed by atoms with van der Waals surface area (Å²) in [4.78, 5) is 23.7. The van der Waals surface area contributed by atoms with E-state index in [1.807, 2.05) is 24.3 Å². The van der Waals surface area contributed by atoms with Crippen LogP contribution in [0.2, 0.25) is 0 Å². The summed E-state index contributed by atoms with van der Waals surface area (Å²) in [5.74, 6) is 0.338. The summed E-state index contributed by atoms with van der Waals surface area (Å²) in [6, 6.07) is 16.5. The minimum atomic E-state index is -0.419. The van der Waals surface area contributed by atoms with Crippen molar-refractivity contribution in [3.8, 4) is 11.1 Å². The molecule has 0 spiro atoms. The summed E-state index contributed by atoms with van der Waals surface area (Å²) in [5, 5.41) is 2.75. The van der Waals surface area contributed by atoms with E-state index < -0.39 is 6.09 Å². The molecule has 0 saturated heterocycles. The number of alkyl carbamates (subject to hydrolysis) is 1. The molecular weight excluding hydrogens is 338 g/mol. The number of ether oxygens (including phenoxy) is 1. The first kappa shape index (κ1) is 19.2. The van der Waals surface area contributed by atoms with Gasteiger partial charge < -0.3 is 10.1 Å². The van der Waals surface area contributed by atoms with Crippen LogP contribution in [0.4, 0.5) is 4.79 Å². The van der Waals surface area contributed by atoms with Crippen molar-refractivity contribution in [2.24, 2.45) is 0 Å². The molecule has 142 valence electrons. The van der Waals surface area contributed by atoms with E-state index in [2.05, 4.69) is 36.5 Å². The van der Waals surface area contributed by atoms with Crippen molar-refractivity contribution in [2.75, 3.05) is 13.2 Å². The molecule has 3 rings (SSSR count). The van der Waals surface area contributed by atoms with Gasteiger partial charge in [-0.1, -0.05) is 61.9 Å². The average Bonchev–Trinajstić information content (AvgIpc) is 3.02. The zero-order valence-corrected chi connectivity index (χ0v) is 15.9. The van der Waals surface area contributed by atoms with Gasteiger partial charge in [0.15, 0.2) is 0 Å². The van der Waals surface area contributed by atoms with Gasteiger partial charge in [-0.05, 0) is 35.1 Å². The Morgan fingerprint density at radius 3 is 2.15 bits per heavy atom. The van der Waals surface area contributed by atoms with Gasteiger partial charge in [-0.3, -0.25) is 4.79 Å². The van der Waals surface area contributed by atoms with Gasteiger partial charge in [0.25, 0.3) is 0 Å². The molecule has 0 atom stereocenters. The van der Waals surface area contributed by atoms with Crippen molar-refractivity contribution in [1.82, 2.24) is 5.32 Å². The highest BCUT2D eigenvalue weighted by Gasteiger charge is 2.28. The van der Waals surface area contributed by atoms with Gasteiger partial charge in [0.05, 0.1) is 0 Å². The number of nitrogens with one attached hydrogen (secondary N) is 1. The van der Waals surface area contributed by atoms with Crippen LogP contribution in [0.15, 0.2) is 48.5 Å². The number of rotatable bonds is 9. The standard InChI is InChI=1S/C23H27NO3/c1-2-3-9-17(25)10-8-15-24-23(26)27-16-22-20-13-6-4-11-18(20)19-12-5-7-14-21(19)22/h4-7,11-14,22H,2-3,8-10,15-16H2,1H3,(H,24,26). The van der Waals surface area contributed by atoms with Crippen molar-refractivity contribution in [3.63, 3.8) is 0 Å². The number of amides is 1. The number of Topliss-reactive ketones (excluding diaryl/α,β-unsaturated/α-hetero) is 1. The van der Waals surface area contributed by atoms with Gasteiger partial charge in [-0.25, -0.2) is 4.79 Å². The Labute approximate surface area is 160 Å². The summed E-state index contributed by atoms with van der Waals surface area (Å²) in [7, 11) is 0. The molecule has 27 heavy (non-hydrogen) atoms. The number of fused-ring (bicyclic) bond motifs is 3. The van der Waals surface area contributed by atoms with Crippen molar-refractivity contribution in [3.05, 3.63) is 59.7 Å². The van der Waals surface area contributed by atoms with Gasteiger partial charge in [0.2, 0.25) is 0 Å². The summed E-state index contributed by atoms with van der Waals surface area (Å²) in [6.07, 6.45) is 3.37. The number of hydrogen-bond acceptors (Lipinski definition) is 3. The van der Waals surface area contributed by atoms with Crippen LogP contribution in [0, 0.1) is 0 Å². The topological polar surface area (TPSA) is 55.4 Å². The first-order valence-corrected chi connectivity index (χ1v) is 9.81. The predicted molar refractivity (Wildman–Crippen MR) is 107 cm³/mol. The van der Waals surface area contributed by atoms with E-state index in [-0.39, 0.29) is 11.7 Å². The zero-order valence-electron chi connectivity index (χ0n) is 15.9. The molecule has 4 heteroatoms. The molecule has 1 aliphatic carbocycles. The average molecular weight is 365 g/mol. The Kier molecular flexibility index (Phi) is 6.64. The van der Waals surface area contributed by atoms with Crippen LogP contribution < -0.4 is 5.32 Å². The first-order chi connectivity index (χ1) is 13.2. The third kappa shape index (κ3) is 4.76. The molecule has 4 nitrogen and oxygen atoms in total. The second-order valence-electron chi connectivity index (χ2n) is 7.00. The van der Waals surface area contributed by atoms with Crippen LogP contribution in [-0.2, 0) is 9.53 Å². The highest BCUT2D eigenvalue weighted by molar-refractivity contribution is 5.79. The van der Waals surface area contributed by atoms with Crippen molar-refractivity contribution >= 4 is 11.9 Å². The van der Waals surface area contributed by atoms with Crippen LogP contribution in [-0.4, -0.2) is 25.0 Å². The molecule has 0 fully saturated rings. The summed E-state index contributed by atoms with van der Waals surface area (Å²) >= 11 is 0. The van der Waals surface area contributed by atoms with Crippen LogP contribution in [0.25, 0.3) is 11.1 Å². The Hall–Kier alpha value is -2.62. The minimum Gasteiger partial charge on any atom is -0.449 e. The Bertz CT molecular complexity index is 754. The largest absolute Gasteiger partial charge is 0.449 e. The van der Waals surface area contributed by atoms with E-state index in [4.69, 9.17) is 4.74 Å². The van der Waals surface area contributed by atoms with Crippen molar-refractivity contribution in [1.29, 1.82) is 0 Å². The fourth-order valence-electron chi connectivity index (χ4n) is 3.62. The fourth-order valence-corrected chi connectivity index (χ4v) is 3.62. The van der Waals surface area contributed by atoms with Gasteiger partial charge in [-0.2, -0.15) is 0 Å². The van der Waals surface area contributed by atoms with Crippen molar-refractivity contribution < 1.29 is 14.3 Å². The second-order valence-corrected chi connectivity index (χ2v) is 7.00. The Morgan fingerprint density at radius 1 is 0.926 bits per heavy atom. The SMILES string of the molecule is CCCCC(=O)CCCNC(=O)OCC1c2ccccc2-c2ccccc21. The first-order valence-electron chi connectivity index (χ1n) is 9.81. The lowest BCUT2D eigenvalue weighted by Gasteiger charge is -2.14. The lowest BCUT2D eigenvalue weighted by Crippen LogP contribution is -2.27. The molecule has 1 aliphatic rings. The number of benzene rings is 2. The third-order valence-electron chi connectivity index (χ3n) is 5.05. The van der Waals surface area contributed by atoms with E-state index in [0.717, 1.165) is 12.8 Å². The fraction of sp³-hybridized carbons (Fsp3) is 0.391. The van der Waals surface area contributed by atoms with E-state index in [1.54, 1.807) is 0 Å². The normalized spacial score (nSPS) is 12.3. The maximum Gasteiger partial charge on any atom is 0.407 e. The van der Waals surface area contributed by atoms with Crippen LogP contribution in [0.1, 0.15) is 56.1 Å². The van der Waals surface area contributed by atoms with Gasteiger partial charge >= 0.3 is 6.09 Å². The quantitative estimate of drug-likeness (QED) is 0.632. The molecule has 0 aromatic heterocycles. The number of ketones is 1. The Balaban J connectivity index is 1.47. The van der Waals surface area contributed by atoms with E-state index in [1.165, 1.54) is 22.3 Å². The van der Waals surface area contributed by atoms with Crippen LogP contribution in [0.5, 0.6) is 0 Å². The van der Waals surface area contributed by atoms with E-state index in [0.29, 0.717) is 32.4 Å². The van der Waals surface area contributed by atoms with Crippen molar-refractivity contribution in [2.45, 2.75) is 44.9 Å². The van der Waals surface area contributed by atoms with Crippen LogP contribution in [0.3, 0.4) is 0 Å². The second kappa shape index (κ2) is 9.36. The molecule has 0 radical (unpaired) electrons. The van der Waals surface area contributed by atoms with Gasteiger partial charge in [-0.15, -0.1) is 0 Å². The molecule has 0 unspecified atom stereocenters. The molecule has 0 saturated carbocycles. The molecule has 0 heterocycles. The van der Waals surface area contributed by atoms with E-state index >= 15 is 0 Å². The predicted octanol–water partition coefficient (Wildman–Crippen LogP) is 5.06. The lowest BCUT2D eigenvalue weighted by molar-refractivity contribution is -0.119. The maximum atomic E-state index is 12.0. The third-order valence-corrected chi connectivity index (χ3v) is 5.05. The summed E-state index contributed by atoms with van der Waals surface area (Å²) < 4.78 is 5.48. The Morgan fingerprint density at radius 2 is 1.52 bits per heavy atom. The number of hydrogen-bond donors (Lipinski definition) is 1. The highest BCUT2D eigenvalue weighted by Crippen LogP contribution is 2.44. The molecular formula is C23H27NO3. The summed E-state index contributed by atoms with van der Waals surface area (Å²) in [5.41, 5.74) is 4.83. The number of unbranched alkanes of at least 4 members (excludes halogenated alkanes) is 1. The smallest absolute Gasteiger partial charge is 0.407 e. The summed E-state index contributed by atoms with van der Waals surface area (Å²) in [6.45, 7) is 2.86. The molecule has 0 aliphatic heterocycles. The minimum absolute atomic E-state index is 0.0683. The zero-order chi connectivity index (χ0) is 19.1. The maximum absolute atomic E-state index is 12.0. The molecule has 1 N–H and O–H groups in total. The monoisotopic (exact) mass is 365 g/mol. The number of carbonyl (C=O) groups is 2. The molecule has 1 amide bonds. The molecule has 0 bridgehead atoms. The van der Waals surface area contributed by atoms with Gasteiger partial charge in [0.1, 0.15) is 12.4 Å². The lowest BCUT2D eigenvalue weighted by atomic mass is 9.98. The number of carbonyl (C=O) groups excluding carboxylic acids is 2. The van der Waals surface area contributed by atoms with E-state index in [9.17, 15) is 9.59 Å². The van der Waals surface area contributed by atoms with Gasteiger partial charge in [0, 0.05) is 25.3 Å². The highest BCUT2D eigenvalue weighted by atomic mass is 16.5. The molecule has 2 aromatic rings. The van der Waals surface area contributed by atoms with Crippen LogP contribution >= 0.6 is 0 Å².